The van der Waals surface area contributed by atoms with Gasteiger partial charge in [0, 0.05) is 10.0 Å². The normalized spacial score (nSPS) is 14.6. The number of carbonyl (C=O) groups is 1. The molecule has 0 aliphatic carbocycles. The molecule has 0 N–H and O–H groups in total. The van der Waals surface area contributed by atoms with Crippen LogP contribution in [0.15, 0.2) is 28.7 Å². The van der Waals surface area contributed by atoms with E-state index < -0.39 is 16.9 Å². The predicted octanol–water partition coefficient (Wildman–Crippen LogP) is 3.26. The van der Waals surface area contributed by atoms with Crippen molar-refractivity contribution in [2.24, 2.45) is 0 Å². The molecule has 0 radical (unpaired) electrons. The van der Waals surface area contributed by atoms with Gasteiger partial charge in [0.25, 0.3) is 0 Å². The average Bonchev–Trinajstić information content (AvgIpc) is 2.44. The van der Waals surface area contributed by atoms with E-state index >= 15 is 0 Å². The van der Waals surface area contributed by atoms with E-state index in [4.69, 9.17) is 28.2 Å². The Balaban J connectivity index is 3.33. The lowest BCUT2D eigenvalue weighted by Gasteiger charge is -2.20. The standard InChI is InChI=1S/C13H10BrClN2O2/c1-17-13(12(18)19-2,7-11(15)8-16)9-3-5-10(14)6-4-9/h3-6,11H,7H2,2H3/t11-,13-/m0/s1. The SMILES string of the molecule is [C-]#[N+][C@](C[C@H](Cl)C#N)(C(=O)OC)c1ccc(Br)cc1. The molecule has 6 heteroatoms. The summed E-state index contributed by atoms with van der Waals surface area (Å²) in [4.78, 5) is 15.4. The van der Waals surface area contributed by atoms with E-state index in [2.05, 4.69) is 20.8 Å². The van der Waals surface area contributed by atoms with Crippen molar-refractivity contribution in [1.29, 1.82) is 5.26 Å². The van der Waals surface area contributed by atoms with E-state index in [9.17, 15) is 4.79 Å². The second-order valence-corrected chi connectivity index (χ2v) is 5.21. The van der Waals surface area contributed by atoms with Crippen molar-refractivity contribution in [3.05, 3.63) is 45.7 Å². The molecule has 98 valence electrons. The summed E-state index contributed by atoms with van der Waals surface area (Å²) < 4.78 is 5.53. The quantitative estimate of drug-likeness (QED) is 0.480. The third kappa shape index (κ3) is 3.26. The molecule has 0 saturated heterocycles. The first-order chi connectivity index (χ1) is 9.00. The molecule has 19 heavy (non-hydrogen) atoms. The van der Waals surface area contributed by atoms with Crippen LogP contribution in [0.2, 0.25) is 0 Å². The molecule has 1 aromatic carbocycles. The fourth-order valence-corrected chi connectivity index (χ4v) is 2.16. The zero-order valence-corrected chi connectivity index (χ0v) is 12.4. The van der Waals surface area contributed by atoms with Gasteiger partial charge in [0.15, 0.2) is 0 Å². The molecule has 0 aliphatic rings. The van der Waals surface area contributed by atoms with Crippen molar-refractivity contribution >= 4 is 33.5 Å². The molecule has 0 fully saturated rings. The molecule has 2 atom stereocenters. The summed E-state index contributed by atoms with van der Waals surface area (Å²) in [5.41, 5.74) is -1.13. The van der Waals surface area contributed by atoms with Crippen LogP contribution < -0.4 is 0 Å². The second-order valence-electron chi connectivity index (χ2n) is 3.77. The highest BCUT2D eigenvalue weighted by Gasteiger charge is 2.50. The molecular formula is C13H10BrClN2O2. The minimum atomic E-state index is -1.59. The van der Waals surface area contributed by atoms with Crippen molar-refractivity contribution in [1.82, 2.24) is 0 Å². The highest BCUT2D eigenvalue weighted by molar-refractivity contribution is 9.10. The number of halogens is 2. The number of ether oxygens (including phenoxy) is 1. The Morgan fingerprint density at radius 1 is 1.63 bits per heavy atom. The highest BCUT2D eigenvalue weighted by Crippen LogP contribution is 2.34. The van der Waals surface area contributed by atoms with Crippen LogP contribution in [0.25, 0.3) is 4.85 Å². The van der Waals surface area contributed by atoms with Gasteiger partial charge in [-0.05, 0) is 24.3 Å². The maximum atomic E-state index is 12.0. The summed E-state index contributed by atoms with van der Waals surface area (Å²) >= 11 is 9.07. The fraction of sp³-hybridized carbons (Fsp3) is 0.308. The van der Waals surface area contributed by atoms with Crippen LogP contribution in [0.4, 0.5) is 0 Å². The number of hydrogen-bond acceptors (Lipinski definition) is 3. The third-order valence-corrected chi connectivity index (χ3v) is 3.43. The number of alkyl halides is 1. The third-order valence-electron chi connectivity index (χ3n) is 2.65. The number of methoxy groups -OCH3 is 1. The summed E-state index contributed by atoms with van der Waals surface area (Å²) in [6.07, 6.45) is -0.122. The lowest BCUT2D eigenvalue weighted by molar-refractivity contribution is -0.145. The number of carbonyl (C=O) groups excluding carboxylic acids is 1. The Morgan fingerprint density at radius 2 is 2.21 bits per heavy atom. The Morgan fingerprint density at radius 3 is 2.63 bits per heavy atom. The van der Waals surface area contributed by atoms with E-state index in [1.807, 2.05) is 6.07 Å². The molecule has 1 rings (SSSR count). The Labute approximate surface area is 124 Å². The predicted molar refractivity (Wildman–Crippen MR) is 74.3 cm³/mol. The minimum Gasteiger partial charge on any atom is -0.463 e. The van der Waals surface area contributed by atoms with Crippen molar-refractivity contribution < 1.29 is 9.53 Å². The molecule has 0 aromatic heterocycles. The summed E-state index contributed by atoms with van der Waals surface area (Å²) in [6, 6.07) is 8.53. The number of esters is 1. The summed E-state index contributed by atoms with van der Waals surface area (Å²) in [5, 5.41) is 7.85. The number of hydrogen-bond donors (Lipinski definition) is 0. The van der Waals surface area contributed by atoms with E-state index in [1.165, 1.54) is 7.11 Å². The van der Waals surface area contributed by atoms with E-state index in [-0.39, 0.29) is 6.42 Å². The molecule has 0 bridgehead atoms. The summed E-state index contributed by atoms with van der Waals surface area (Å²) in [7, 11) is 1.21. The van der Waals surface area contributed by atoms with Gasteiger partial charge < -0.3 is 4.74 Å². The second kappa shape index (κ2) is 6.56. The van der Waals surface area contributed by atoms with Gasteiger partial charge in [0.05, 0.1) is 19.6 Å². The highest BCUT2D eigenvalue weighted by atomic mass is 79.9. The van der Waals surface area contributed by atoms with Crippen molar-refractivity contribution in [3.8, 4) is 6.07 Å². The number of benzene rings is 1. The number of nitriles is 1. The van der Waals surface area contributed by atoms with Gasteiger partial charge in [-0.2, -0.15) is 5.26 Å². The monoisotopic (exact) mass is 340 g/mol. The van der Waals surface area contributed by atoms with Crippen LogP contribution in [0, 0.1) is 17.9 Å². The lowest BCUT2D eigenvalue weighted by atomic mass is 9.86. The first kappa shape index (κ1) is 15.5. The van der Waals surface area contributed by atoms with Gasteiger partial charge in [0.1, 0.15) is 5.38 Å². The molecule has 0 heterocycles. The van der Waals surface area contributed by atoms with E-state index in [0.29, 0.717) is 5.56 Å². The van der Waals surface area contributed by atoms with Crippen molar-refractivity contribution in [2.75, 3.05) is 7.11 Å². The van der Waals surface area contributed by atoms with Gasteiger partial charge in [0.2, 0.25) is 0 Å². The maximum Gasteiger partial charge on any atom is 0.398 e. The molecule has 0 spiro atoms. The molecule has 0 saturated carbocycles. The molecular weight excluding hydrogens is 332 g/mol. The molecule has 1 aromatic rings. The fourth-order valence-electron chi connectivity index (χ4n) is 1.67. The molecule has 0 amide bonds. The summed E-state index contributed by atoms with van der Waals surface area (Å²) in [6.45, 7) is 7.35. The van der Waals surface area contributed by atoms with Crippen LogP contribution in [0.3, 0.4) is 0 Å². The smallest absolute Gasteiger partial charge is 0.398 e. The van der Waals surface area contributed by atoms with Gasteiger partial charge >= 0.3 is 11.5 Å². The zero-order chi connectivity index (χ0) is 14.5. The Kier molecular flexibility index (Phi) is 5.35. The van der Waals surface area contributed by atoms with Gasteiger partial charge in [-0.15, -0.1) is 11.6 Å². The van der Waals surface area contributed by atoms with E-state index in [1.54, 1.807) is 24.3 Å². The molecule has 0 aliphatic heterocycles. The average molecular weight is 342 g/mol. The topological polar surface area (TPSA) is 54.5 Å². The Hall–Kier alpha value is -1.56. The first-order valence-corrected chi connectivity index (χ1v) is 6.50. The number of nitrogens with zero attached hydrogens (tertiary/aromatic N) is 2. The zero-order valence-electron chi connectivity index (χ0n) is 10.1. The Bertz CT molecular complexity index is 547. The molecule has 4 nitrogen and oxygen atoms in total. The van der Waals surface area contributed by atoms with Crippen molar-refractivity contribution in [3.63, 3.8) is 0 Å². The largest absolute Gasteiger partial charge is 0.463 e. The molecule has 0 unspecified atom stereocenters. The van der Waals surface area contributed by atoms with Crippen LogP contribution in [0.5, 0.6) is 0 Å². The maximum absolute atomic E-state index is 12.0. The van der Waals surface area contributed by atoms with Crippen molar-refractivity contribution in [2.45, 2.75) is 17.3 Å². The van der Waals surface area contributed by atoms with Crippen LogP contribution >= 0.6 is 27.5 Å². The van der Waals surface area contributed by atoms with Gasteiger partial charge in [-0.3, -0.25) is 4.85 Å². The van der Waals surface area contributed by atoms with Gasteiger partial charge in [-0.1, -0.05) is 15.9 Å². The number of rotatable bonds is 4. The summed E-state index contributed by atoms with van der Waals surface area (Å²) in [5.74, 6) is -0.717. The van der Waals surface area contributed by atoms with Gasteiger partial charge in [-0.25, -0.2) is 11.4 Å². The van der Waals surface area contributed by atoms with E-state index in [0.717, 1.165) is 4.47 Å². The van der Waals surface area contributed by atoms with Crippen LogP contribution in [0.1, 0.15) is 12.0 Å². The van der Waals surface area contributed by atoms with Crippen LogP contribution in [-0.2, 0) is 15.1 Å². The minimum absolute atomic E-state index is 0.122. The first-order valence-electron chi connectivity index (χ1n) is 5.27. The van der Waals surface area contributed by atoms with Crippen LogP contribution in [-0.4, -0.2) is 18.5 Å². The lowest BCUT2D eigenvalue weighted by Crippen LogP contribution is -2.36.